The number of aliphatic hydroxyl groups excluding tert-OH is 1. The number of ether oxygens (including phenoxy) is 2. The van der Waals surface area contributed by atoms with Crippen molar-refractivity contribution in [1.82, 2.24) is 20.5 Å². The van der Waals surface area contributed by atoms with Gasteiger partial charge in [-0.1, -0.05) is 38.1 Å². The Morgan fingerprint density at radius 1 is 1.19 bits per heavy atom. The number of likely N-dealkylation sites (tertiary alicyclic amines) is 1. The van der Waals surface area contributed by atoms with Gasteiger partial charge in [-0.05, 0) is 29.5 Å². The third-order valence-electron chi connectivity index (χ3n) is 6.57. The number of rotatable bonds is 8. The van der Waals surface area contributed by atoms with Gasteiger partial charge in [0, 0.05) is 62.9 Å². The predicted octanol–water partition coefficient (Wildman–Crippen LogP) is 2.52. The number of hydrogen-bond acceptors (Lipinski definition) is 7. The molecule has 194 valence electrons. The van der Waals surface area contributed by atoms with Crippen molar-refractivity contribution >= 4 is 12.0 Å². The van der Waals surface area contributed by atoms with Crippen LogP contribution in [0.15, 0.2) is 42.6 Å². The maximum absolute atomic E-state index is 12.7. The number of hydrogen-bond donors (Lipinski definition) is 3. The summed E-state index contributed by atoms with van der Waals surface area (Å²) in [5.74, 6) is 0.380. The molecule has 1 aromatic heterocycles. The summed E-state index contributed by atoms with van der Waals surface area (Å²) in [6.45, 7) is 6.38. The van der Waals surface area contributed by atoms with E-state index in [1.54, 1.807) is 23.2 Å². The minimum absolute atomic E-state index is 0.0907. The van der Waals surface area contributed by atoms with Crippen LogP contribution < -0.4 is 15.4 Å². The standard InChI is InChI=1S/C27H36N4O5/c1-18(2)17-35-27(34)31-11-8-22(9-12-31)36-25-14-20(7-10-28-25)26(33)30-16-24(32)23-13-19-5-3-4-6-21(19)15-29-23/h3-7,10,14,18,22-24,29,32H,8-9,11-13,15-17H2,1-2H3,(H,30,33)/t23-,24+/m0/s1. The first-order chi connectivity index (χ1) is 17.4. The van der Waals surface area contributed by atoms with Gasteiger partial charge in [0.1, 0.15) is 6.10 Å². The van der Waals surface area contributed by atoms with Crippen LogP contribution in [0.25, 0.3) is 0 Å². The minimum Gasteiger partial charge on any atom is -0.474 e. The Morgan fingerprint density at radius 2 is 1.94 bits per heavy atom. The van der Waals surface area contributed by atoms with E-state index in [1.807, 2.05) is 26.0 Å². The molecule has 3 heterocycles. The van der Waals surface area contributed by atoms with Crippen molar-refractivity contribution in [1.29, 1.82) is 0 Å². The lowest BCUT2D eigenvalue weighted by atomic mass is 9.93. The number of fused-ring (bicyclic) bond motifs is 1. The highest BCUT2D eigenvalue weighted by molar-refractivity contribution is 5.94. The number of carbonyl (C=O) groups is 2. The summed E-state index contributed by atoms with van der Waals surface area (Å²) in [6.07, 6.45) is 2.50. The molecule has 9 nitrogen and oxygen atoms in total. The van der Waals surface area contributed by atoms with Gasteiger partial charge in [-0.15, -0.1) is 0 Å². The Bertz CT molecular complexity index is 1040. The first-order valence-corrected chi connectivity index (χ1v) is 12.7. The van der Waals surface area contributed by atoms with Gasteiger partial charge in [-0.2, -0.15) is 0 Å². The van der Waals surface area contributed by atoms with Crippen LogP contribution in [0, 0.1) is 5.92 Å². The second-order valence-corrected chi connectivity index (χ2v) is 9.90. The molecule has 0 radical (unpaired) electrons. The van der Waals surface area contributed by atoms with Gasteiger partial charge in [0.2, 0.25) is 5.88 Å². The number of aromatic nitrogens is 1. The Balaban J connectivity index is 1.23. The third kappa shape index (κ3) is 6.95. The van der Waals surface area contributed by atoms with E-state index in [4.69, 9.17) is 9.47 Å². The Hall–Kier alpha value is -3.17. The van der Waals surface area contributed by atoms with Crippen molar-refractivity contribution in [2.45, 2.75) is 57.9 Å². The molecule has 0 unspecified atom stereocenters. The van der Waals surface area contributed by atoms with Crippen LogP contribution in [0.4, 0.5) is 4.79 Å². The Labute approximate surface area is 212 Å². The lowest BCUT2D eigenvalue weighted by molar-refractivity contribution is 0.0605. The lowest BCUT2D eigenvalue weighted by Gasteiger charge is -2.31. The summed E-state index contributed by atoms with van der Waals surface area (Å²) >= 11 is 0. The van der Waals surface area contributed by atoms with Crippen LogP contribution in [0.5, 0.6) is 5.88 Å². The zero-order valence-electron chi connectivity index (χ0n) is 21.0. The van der Waals surface area contributed by atoms with Crippen molar-refractivity contribution in [2.24, 2.45) is 5.92 Å². The summed E-state index contributed by atoms with van der Waals surface area (Å²) in [4.78, 5) is 30.8. The van der Waals surface area contributed by atoms with E-state index < -0.39 is 6.10 Å². The predicted molar refractivity (Wildman–Crippen MR) is 135 cm³/mol. The molecule has 0 saturated carbocycles. The first-order valence-electron chi connectivity index (χ1n) is 12.7. The van der Waals surface area contributed by atoms with Crippen molar-refractivity contribution in [3.05, 3.63) is 59.3 Å². The monoisotopic (exact) mass is 496 g/mol. The number of pyridine rings is 1. The van der Waals surface area contributed by atoms with Gasteiger partial charge in [0.15, 0.2) is 0 Å². The quantitative estimate of drug-likeness (QED) is 0.515. The molecular weight excluding hydrogens is 460 g/mol. The van der Waals surface area contributed by atoms with E-state index in [9.17, 15) is 14.7 Å². The van der Waals surface area contributed by atoms with E-state index in [1.165, 1.54) is 11.1 Å². The smallest absolute Gasteiger partial charge is 0.409 e. The van der Waals surface area contributed by atoms with Crippen LogP contribution in [0.3, 0.4) is 0 Å². The molecule has 2 atom stereocenters. The summed E-state index contributed by atoms with van der Waals surface area (Å²) in [5, 5.41) is 16.8. The number of benzene rings is 1. The summed E-state index contributed by atoms with van der Waals surface area (Å²) in [7, 11) is 0. The van der Waals surface area contributed by atoms with Crippen LogP contribution in [0.2, 0.25) is 0 Å². The van der Waals surface area contributed by atoms with E-state index in [2.05, 4.69) is 27.8 Å². The molecule has 9 heteroatoms. The molecule has 3 N–H and O–H groups in total. The fraction of sp³-hybridized carbons (Fsp3) is 0.519. The Morgan fingerprint density at radius 3 is 2.69 bits per heavy atom. The molecule has 2 amide bonds. The maximum Gasteiger partial charge on any atom is 0.409 e. The minimum atomic E-state index is -0.711. The molecule has 36 heavy (non-hydrogen) atoms. The van der Waals surface area contributed by atoms with E-state index >= 15 is 0 Å². The molecule has 1 saturated heterocycles. The van der Waals surface area contributed by atoms with Crippen molar-refractivity contribution < 1.29 is 24.2 Å². The number of amides is 2. The van der Waals surface area contributed by atoms with Gasteiger partial charge < -0.3 is 30.1 Å². The molecule has 0 spiro atoms. The fourth-order valence-electron chi connectivity index (χ4n) is 4.46. The van der Waals surface area contributed by atoms with E-state index in [-0.39, 0.29) is 30.7 Å². The molecule has 2 aliphatic heterocycles. The summed E-state index contributed by atoms with van der Waals surface area (Å²) in [6, 6.07) is 11.3. The van der Waals surface area contributed by atoms with E-state index in [0.717, 1.165) is 0 Å². The summed E-state index contributed by atoms with van der Waals surface area (Å²) < 4.78 is 11.3. The number of aliphatic hydroxyl groups is 1. The maximum atomic E-state index is 12.7. The molecule has 0 bridgehead atoms. The first kappa shape index (κ1) is 25.9. The highest BCUT2D eigenvalue weighted by Crippen LogP contribution is 2.20. The van der Waals surface area contributed by atoms with Crippen molar-refractivity contribution in [3.8, 4) is 5.88 Å². The van der Waals surface area contributed by atoms with Gasteiger partial charge in [0.05, 0.1) is 12.7 Å². The Kier molecular flexibility index (Phi) is 8.77. The van der Waals surface area contributed by atoms with Crippen molar-refractivity contribution in [3.63, 3.8) is 0 Å². The van der Waals surface area contributed by atoms with Crippen LogP contribution in [0.1, 0.15) is 48.2 Å². The average molecular weight is 497 g/mol. The SMILES string of the molecule is CC(C)COC(=O)N1CCC(Oc2cc(C(=O)NC[C@@H](O)[C@@H]3Cc4ccccc4CN3)ccn2)CC1. The van der Waals surface area contributed by atoms with Gasteiger partial charge in [-0.25, -0.2) is 9.78 Å². The van der Waals surface area contributed by atoms with E-state index in [0.29, 0.717) is 62.9 Å². The third-order valence-corrected chi connectivity index (χ3v) is 6.57. The molecule has 1 aromatic carbocycles. The molecule has 1 fully saturated rings. The van der Waals surface area contributed by atoms with Gasteiger partial charge in [0.25, 0.3) is 5.91 Å². The molecule has 2 aromatic rings. The number of carbonyl (C=O) groups excluding carboxylic acids is 2. The van der Waals surface area contributed by atoms with Gasteiger partial charge in [-0.3, -0.25) is 4.79 Å². The fourth-order valence-corrected chi connectivity index (χ4v) is 4.46. The molecular formula is C27H36N4O5. The zero-order valence-corrected chi connectivity index (χ0v) is 21.0. The number of nitrogens with zero attached hydrogens (tertiary/aromatic N) is 2. The molecule has 2 aliphatic rings. The van der Waals surface area contributed by atoms with Crippen molar-refractivity contribution in [2.75, 3.05) is 26.2 Å². The number of piperidine rings is 1. The van der Waals surface area contributed by atoms with Crippen LogP contribution >= 0.6 is 0 Å². The average Bonchev–Trinajstić information content (AvgIpc) is 2.90. The largest absolute Gasteiger partial charge is 0.474 e. The second-order valence-electron chi connectivity index (χ2n) is 9.90. The normalized spacial score (nSPS) is 18.9. The molecule has 0 aliphatic carbocycles. The number of nitrogens with one attached hydrogen (secondary N) is 2. The molecule has 4 rings (SSSR count). The van der Waals surface area contributed by atoms with Crippen LogP contribution in [-0.2, 0) is 17.7 Å². The highest BCUT2D eigenvalue weighted by Gasteiger charge is 2.26. The topological polar surface area (TPSA) is 113 Å². The highest BCUT2D eigenvalue weighted by atomic mass is 16.6. The zero-order chi connectivity index (χ0) is 25.5. The van der Waals surface area contributed by atoms with Crippen LogP contribution in [-0.4, -0.2) is 71.5 Å². The lowest BCUT2D eigenvalue weighted by Crippen LogP contribution is -2.49. The summed E-state index contributed by atoms with van der Waals surface area (Å²) in [5.41, 5.74) is 2.88. The second kappa shape index (κ2) is 12.2. The van der Waals surface area contributed by atoms with Gasteiger partial charge >= 0.3 is 6.09 Å².